The predicted octanol–water partition coefficient (Wildman–Crippen LogP) is 8.21. The normalized spacial score (nSPS) is 11.4. The summed E-state index contributed by atoms with van der Waals surface area (Å²) in [6.07, 6.45) is 0. The number of hydrogen-bond donors (Lipinski definition) is 1. The molecule has 222 valence electrons. The van der Waals surface area contributed by atoms with Crippen molar-refractivity contribution in [3.05, 3.63) is 88.8 Å². The second kappa shape index (κ2) is 13.8. The molecule has 0 bridgehead atoms. The summed E-state index contributed by atoms with van der Waals surface area (Å²) in [5.41, 5.74) is 4.57. The molecule has 2 heterocycles. The topological polar surface area (TPSA) is 106 Å². The molecule has 0 aliphatic heterocycles. The smallest absolute Gasteiger partial charge is 0.239 e. The minimum Gasteiger partial charge on any atom is -0.493 e. The molecule has 2 aromatic heterocycles. The number of thioether (sulfide) groups is 1. The molecule has 1 atom stereocenters. The number of nitrogens with zero attached hydrogens (tertiary/aromatic N) is 3. The second-order valence-corrected chi connectivity index (χ2v) is 12.0. The summed E-state index contributed by atoms with van der Waals surface area (Å²) in [5, 5.41) is 16.0. The quantitative estimate of drug-likeness (QED) is 0.152. The molecular weight excluding hydrogens is 616 g/mol. The molecule has 8 nitrogen and oxygen atoms in total. The van der Waals surface area contributed by atoms with E-state index in [9.17, 15) is 10.1 Å². The fourth-order valence-electron chi connectivity index (χ4n) is 4.49. The fraction of sp³-hybridized carbons (Fsp3) is 0.152. The van der Waals surface area contributed by atoms with Crippen LogP contribution in [0.15, 0.2) is 83.2 Å². The molecule has 3 aromatic carbocycles. The zero-order valence-corrected chi connectivity index (χ0v) is 26.6. The van der Waals surface area contributed by atoms with Crippen molar-refractivity contribution in [1.29, 1.82) is 5.26 Å². The summed E-state index contributed by atoms with van der Waals surface area (Å²) in [5.74, 6) is 1.06. The van der Waals surface area contributed by atoms with Gasteiger partial charge in [0.15, 0.2) is 16.6 Å². The van der Waals surface area contributed by atoms with Gasteiger partial charge in [0.2, 0.25) is 11.7 Å². The first-order chi connectivity index (χ1) is 21.4. The molecule has 0 aliphatic rings. The molecule has 0 fully saturated rings. The Labute approximate surface area is 268 Å². The molecule has 0 radical (unpaired) electrons. The van der Waals surface area contributed by atoms with Crippen LogP contribution in [0.1, 0.15) is 12.5 Å². The van der Waals surface area contributed by atoms with Crippen LogP contribution in [0.5, 0.6) is 17.2 Å². The molecule has 0 saturated heterocycles. The van der Waals surface area contributed by atoms with Gasteiger partial charge in [0, 0.05) is 27.1 Å². The highest BCUT2D eigenvalue weighted by molar-refractivity contribution is 8.00. The van der Waals surface area contributed by atoms with E-state index in [0.717, 1.165) is 11.1 Å². The number of halogens is 1. The van der Waals surface area contributed by atoms with E-state index in [1.165, 1.54) is 44.4 Å². The van der Waals surface area contributed by atoms with Crippen molar-refractivity contribution < 1.29 is 19.0 Å². The van der Waals surface area contributed by atoms with Crippen molar-refractivity contribution in [2.45, 2.75) is 17.2 Å². The number of anilines is 1. The third kappa shape index (κ3) is 6.50. The van der Waals surface area contributed by atoms with Gasteiger partial charge in [0.1, 0.15) is 11.1 Å². The molecule has 0 spiro atoms. The molecule has 5 rings (SSSR count). The number of amides is 1. The van der Waals surface area contributed by atoms with Crippen LogP contribution < -0.4 is 19.5 Å². The Hall–Kier alpha value is -4.56. The second-order valence-electron chi connectivity index (χ2n) is 9.39. The Morgan fingerprint density at radius 1 is 0.909 bits per heavy atom. The maximum absolute atomic E-state index is 13.3. The van der Waals surface area contributed by atoms with E-state index >= 15 is 0 Å². The van der Waals surface area contributed by atoms with Crippen molar-refractivity contribution in [2.75, 3.05) is 26.6 Å². The first-order valence-corrected chi connectivity index (χ1v) is 15.5. The number of aromatic nitrogens is 2. The maximum Gasteiger partial charge on any atom is 0.239 e. The highest BCUT2D eigenvalue weighted by Crippen LogP contribution is 2.44. The third-order valence-corrected chi connectivity index (χ3v) is 8.86. The maximum atomic E-state index is 13.3. The van der Waals surface area contributed by atoms with Crippen LogP contribution in [0.25, 0.3) is 33.6 Å². The number of pyridine rings is 1. The highest BCUT2D eigenvalue weighted by Gasteiger charge is 2.24. The molecule has 5 aromatic rings. The van der Waals surface area contributed by atoms with E-state index in [1.807, 2.05) is 60.0 Å². The third-order valence-electron chi connectivity index (χ3n) is 6.69. The molecule has 0 saturated carbocycles. The van der Waals surface area contributed by atoms with Crippen molar-refractivity contribution in [1.82, 2.24) is 9.97 Å². The Kier molecular flexibility index (Phi) is 9.70. The molecule has 44 heavy (non-hydrogen) atoms. The molecular formula is C33H27ClN4O4S2. The monoisotopic (exact) mass is 642 g/mol. The lowest BCUT2D eigenvalue weighted by atomic mass is 9.98. The summed E-state index contributed by atoms with van der Waals surface area (Å²) in [6.45, 7) is 1.76. The number of nitrogens with one attached hydrogen (secondary N) is 1. The van der Waals surface area contributed by atoms with Crippen LogP contribution in [-0.2, 0) is 4.79 Å². The van der Waals surface area contributed by atoms with Gasteiger partial charge in [0.05, 0.1) is 43.5 Å². The zero-order valence-electron chi connectivity index (χ0n) is 24.3. The van der Waals surface area contributed by atoms with Crippen molar-refractivity contribution >= 4 is 45.7 Å². The van der Waals surface area contributed by atoms with Crippen molar-refractivity contribution in [3.8, 4) is 57.0 Å². The number of methoxy groups -OCH3 is 3. The highest BCUT2D eigenvalue weighted by atomic mass is 35.5. The minimum atomic E-state index is -0.610. The van der Waals surface area contributed by atoms with E-state index < -0.39 is 5.25 Å². The lowest BCUT2D eigenvalue weighted by Gasteiger charge is -2.17. The summed E-state index contributed by atoms with van der Waals surface area (Å²) < 4.78 is 16.6. The summed E-state index contributed by atoms with van der Waals surface area (Å²) in [4.78, 5) is 22.7. The van der Waals surface area contributed by atoms with Crippen LogP contribution >= 0.6 is 34.7 Å². The number of nitriles is 1. The minimum absolute atomic E-state index is 0.278. The summed E-state index contributed by atoms with van der Waals surface area (Å²) in [7, 11) is 4.61. The van der Waals surface area contributed by atoms with Gasteiger partial charge in [0.25, 0.3) is 0 Å². The first kappa shape index (κ1) is 30.9. The average molecular weight is 643 g/mol. The lowest BCUT2D eigenvalue weighted by Crippen LogP contribution is -2.22. The largest absolute Gasteiger partial charge is 0.493 e. The molecule has 11 heteroatoms. The standard InChI is InChI=1S/C33H27ClN4O4S2/c1-19(31(39)38-33-37-27(18-43-33)22-12-8-9-13-25(22)34)44-32-24(17-35)23(16-26(36-32)20-10-6-5-7-11-20)21-14-28(40-2)30(42-4)29(15-21)41-3/h5-16,18-19H,1-4H3,(H,37,38,39). The molecule has 1 N–H and O–H groups in total. The predicted molar refractivity (Wildman–Crippen MR) is 176 cm³/mol. The number of ether oxygens (including phenoxy) is 3. The van der Waals surface area contributed by atoms with E-state index in [0.29, 0.717) is 60.5 Å². The lowest BCUT2D eigenvalue weighted by molar-refractivity contribution is -0.115. The summed E-state index contributed by atoms with van der Waals surface area (Å²) >= 11 is 8.83. The van der Waals surface area contributed by atoms with Crippen LogP contribution in [0, 0.1) is 11.3 Å². The molecule has 1 amide bonds. The number of carbonyl (C=O) groups excluding carboxylic acids is 1. The van der Waals surface area contributed by atoms with E-state index in [-0.39, 0.29) is 5.91 Å². The van der Waals surface area contributed by atoms with E-state index in [4.69, 9.17) is 30.8 Å². The van der Waals surface area contributed by atoms with Gasteiger partial charge in [-0.3, -0.25) is 4.79 Å². The van der Waals surface area contributed by atoms with E-state index in [1.54, 1.807) is 25.1 Å². The number of thiazole rings is 1. The zero-order chi connectivity index (χ0) is 31.2. The van der Waals surface area contributed by atoms with Crippen molar-refractivity contribution in [2.24, 2.45) is 0 Å². The Balaban J connectivity index is 1.51. The molecule has 0 aliphatic carbocycles. The van der Waals surface area contributed by atoms with Gasteiger partial charge in [-0.25, -0.2) is 9.97 Å². The van der Waals surface area contributed by atoms with Gasteiger partial charge >= 0.3 is 0 Å². The number of carbonyl (C=O) groups is 1. The SMILES string of the molecule is COc1cc(-c2cc(-c3ccccc3)nc(SC(C)C(=O)Nc3nc(-c4ccccc4Cl)cs3)c2C#N)cc(OC)c1OC. The van der Waals surface area contributed by atoms with Gasteiger partial charge in [-0.2, -0.15) is 5.26 Å². The Morgan fingerprint density at radius 2 is 1.59 bits per heavy atom. The van der Waals surface area contributed by atoms with Crippen molar-refractivity contribution in [3.63, 3.8) is 0 Å². The van der Waals surface area contributed by atoms with Gasteiger partial charge in [-0.05, 0) is 36.8 Å². The summed E-state index contributed by atoms with van der Waals surface area (Å²) in [6, 6.07) is 24.8. The average Bonchev–Trinajstić information content (AvgIpc) is 3.52. The van der Waals surface area contributed by atoms with Gasteiger partial charge in [-0.15, -0.1) is 11.3 Å². The number of benzene rings is 3. The fourth-order valence-corrected chi connectivity index (χ4v) is 6.36. The Bertz CT molecular complexity index is 1830. The van der Waals surface area contributed by atoms with Crippen LogP contribution in [-0.4, -0.2) is 42.5 Å². The van der Waals surface area contributed by atoms with Gasteiger partial charge < -0.3 is 19.5 Å². The van der Waals surface area contributed by atoms with Crippen LogP contribution in [0.2, 0.25) is 5.02 Å². The Morgan fingerprint density at radius 3 is 2.23 bits per heavy atom. The molecule has 1 unspecified atom stereocenters. The first-order valence-electron chi connectivity index (χ1n) is 13.4. The number of rotatable bonds is 10. The van der Waals surface area contributed by atoms with Crippen LogP contribution in [0.3, 0.4) is 0 Å². The van der Waals surface area contributed by atoms with Gasteiger partial charge in [-0.1, -0.05) is 71.9 Å². The van der Waals surface area contributed by atoms with Crippen LogP contribution in [0.4, 0.5) is 5.13 Å². The van der Waals surface area contributed by atoms with E-state index in [2.05, 4.69) is 16.4 Å². The number of hydrogen-bond acceptors (Lipinski definition) is 9.